The van der Waals surface area contributed by atoms with Crippen LogP contribution >= 0.6 is 0 Å². The molecule has 1 saturated heterocycles. The number of nitrogens with zero attached hydrogens (tertiary/aromatic N) is 2. The summed E-state index contributed by atoms with van der Waals surface area (Å²) in [5.41, 5.74) is 1.50. The fourth-order valence-electron chi connectivity index (χ4n) is 3.60. The highest BCUT2D eigenvalue weighted by Gasteiger charge is 2.28. The molecule has 0 radical (unpaired) electrons. The average Bonchev–Trinajstić information content (AvgIpc) is 3.10. The molecule has 1 aliphatic heterocycles. The zero-order chi connectivity index (χ0) is 17.9. The fraction of sp³-hybridized carbons (Fsp3) is 0.750. The van der Waals surface area contributed by atoms with Gasteiger partial charge in [0.15, 0.2) is 0 Å². The quantitative estimate of drug-likeness (QED) is 0.799. The lowest BCUT2D eigenvalue weighted by Gasteiger charge is -2.31. The molecule has 2 heterocycles. The lowest BCUT2D eigenvalue weighted by molar-refractivity contribution is 0.000430. The Kier molecular flexibility index (Phi) is 5.75. The molecule has 0 spiro atoms. The summed E-state index contributed by atoms with van der Waals surface area (Å²) in [6, 6.07) is 0. The van der Waals surface area contributed by atoms with E-state index in [0.717, 1.165) is 18.5 Å². The summed E-state index contributed by atoms with van der Waals surface area (Å²) in [6.45, 7) is 1.24. The number of nitrogens with one attached hydrogen (secondary N) is 2. The molecule has 1 aromatic heterocycles. The smallest absolute Gasteiger partial charge is 0.254 e. The van der Waals surface area contributed by atoms with Gasteiger partial charge in [0, 0.05) is 25.6 Å². The van der Waals surface area contributed by atoms with E-state index in [-0.39, 0.29) is 25.1 Å². The standard InChI is InChI=1S/C16H26N4O4S/c1-25(22,23)20-7-8-24-13(11-20)9-17-16(21)14-10-18-19-15(14)12-5-3-2-4-6-12/h10,12-13H,2-9,11H2,1H3,(H,17,21)(H,18,19)/t13-/m1/s1. The maximum Gasteiger partial charge on any atom is 0.254 e. The maximum atomic E-state index is 12.5. The van der Waals surface area contributed by atoms with Gasteiger partial charge in [0.1, 0.15) is 0 Å². The number of carbonyl (C=O) groups excluding carboxylic acids is 1. The molecule has 0 unspecified atom stereocenters. The van der Waals surface area contributed by atoms with Crippen LogP contribution in [-0.4, -0.2) is 67.4 Å². The zero-order valence-corrected chi connectivity index (χ0v) is 15.3. The predicted molar refractivity (Wildman–Crippen MR) is 92.9 cm³/mol. The van der Waals surface area contributed by atoms with Crippen molar-refractivity contribution in [3.63, 3.8) is 0 Å². The Bertz CT molecular complexity index is 697. The molecule has 0 bridgehead atoms. The first-order valence-electron chi connectivity index (χ1n) is 8.83. The largest absolute Gasteiger partial charge is 0.374 e. The van der Waals surface area contributed by atoms with Crippen LogP contribution in [0.1, 0.15) is 54.1 Å². The van der Waals surface area contributed by atoms with Crippen molar-refractivity contribution < 1.29 is 17.9 Å². The van der Waals surface area contributed by atoms with Crippen LogP contribution in [0.5, 0.6) is 0 Å². The summed E-state index contributed by atoms with van der Waals surface area (Å²) in [5.74, 6) is 0.179. The SMILES string of the molecule is CS(=O)(=O)N1CCO[C@H](CNC(=O)c2cn[nH]c2C2CCCCC2)C1. The summed E-state index contributed by atoms with van der Waals surface area (Å²) in [4.78, 5) is 12.5. The summed E-state index contributed by atoms with van der Waals surface area (Å²) in [7, 11) is -3.24. The van der Waals surface area contributed by atoms with E-state index < -0.39 is 10.0 Å². The fourth-order valence-corrected chi connectivity index (χ4v) is 4.44. The van der Waals surface area contributed by atoms with Crippen molar-refractivity contribution in [3.8, 4) is 0 Å². The number of hydrogen-bond donors (Lipinski definition) is 2. The minimum absolute atomic E-state index is 0.186. The van der Waals surface area contributed by atoms with Gasteiger partial charge in [-0.15, -0.1) is 0 Å². The number of hydrogen-bond acceptors (Lipinski definition) is 5. The molecule has 3 rings (SSSR count). The van der Waals surface area contributed by atoms with Crippen LogP contribution in [0.2, 0.25) is 0 Å². The summed E-state index contributed by atoms with van der Waals surface area (Å²) in [5, 5.41) is 9.91. The highest BCUT2D eigenvalue weighted by atomic mass is 32.2. The molecular weight excluding hydrogens is 344 g/mol. The van der Waals surface area contributed by atoms with Gasteiger partial charge in [-0.1, -0.05) is 19.3 Å². The Labute approximate surface area is 148 Å². The first kappa shape index (κ1) is 18.3. The number of ether oxygens (including phenoxy) is 1. The molecule has 25 heavy (non-hydrogen) atoms. The number of H-pyrrole nitrogens is 1. The molecule has 8 nitrogen and oxygen atoms in total. The van der Waals surface area contributed by atoms with Crippen LogP contribution in [0, 0.1) is 0 Å². The Morgan fingerprint density at radius 3 is 2.88 bits per heavy atom. The van der Waals surface area contributed by atoms with Crippen molar-refractivity contribution in [1.82, 2.24) is 19.8 Å². The second-order valence-corrected chi connectivity index (χ2v) is 8.84. The van der Waals surface area contributed by atoms with Crippen molar-refractivity contribution in [2.45, 2.75) is 44.1 Å². The van der Waals surface area contributed by atoms with Gasteiger partial charge in [-0.2, -0.15) is 9.40 Å². The van der Waals surface area contributed by atoms with Gasteiger partial charge in [0.2, 0.25) is 10.0 Å². The lowest BCUT2D eigenvalue weighted by Crippen LogP contribution is -2.49. The maximum absolute atomic E-state index is 12.5. The van der Waals surface area contributed by atoms with Gasteiger partial charge in [-0.25, -0.2) is 8.42 Å². The third-order valence-corrected chi connectivity index (χ3v) is 6.26. The Hall–Kier alpha value is -1.45. The third-order valence-electron chi connectivity index (χ3n) is 4.99. The van der Waals surface area contributed by atoms with Crippen LogP contribution in [0.3, 0.4) is 0 Å². The van der Waals surface area contributed by atoms with E-state index in [1.165, 1.54) is 29.8 Å². The van der Waals surface area contributed by atoms with Crippen LogP contribution < -0.4 is 5.32 Å². The Morgan fingerprint density at radius 2 is 2.16 bits per heavy atom. The Morgan fingerprint density at radius 1 is 1.40 bits per heavy atom. The molecule has 2 N–H and O–H groups in total. The van der Waals surface area contributed by atoms with Crippen molar-refractivity contribution in [1.29, 1.82) is 0 Å². The van der Waals surface area contributed by atoms with Gasteiger partial charge in [0.05, 0.1) is 36.4 Å². The predicted octanol–water partition coefficient (Wildman–Crippen LogP) is 0.848. The second-order valence-electron chi connectivity index (χ2n) is 6.86. The topological polar surface area (TPSA) is 104 Å². The number of rotatable bonds is 5. The average molecular weight is 370 g/mol. The van der Waals surface area contributed by atoms with Crippen LogP contribution in [0.4, 0.5) is 0 Å². The van der Waals surface area contributed by atoms with E-state index in [2.05, 4.69) is 15.5 Å². The molecule has 9 heteroatoms. The van der Waals surface area contributed by atoms with Crippen molar-refractivity contribution in [2.24, 2.45) is 0 Å². The molecule has 1 atom stereocenters. The first-order chi connectivity index (χ1) is 11.9. The molecule has 1 saturated carbocycles. The molecule has 0 aromatic carbocycles. The zero-order valence-electron chi connectivity index (χ0n) is 14.5. The molecule has 1 aromatic rings. The Balaban J connectivity index is 1.57. The number of carbonyl (C=O) groups is 1. The summed E-state index contributed by atoms with van der Waals surface area (Å²) >= 11 is 0. The number of aromatic amines is 1. The molecule has 1 aliphatic carbocycles. The number of morpholine rings is 1. The monoisotopic (exact) mass is 370 g/mol. The molecule has 1 amide bonds. The minimum Gasteiger partial charge on any atom is -0.374 e. The van der Waals surface area contributed by atoms with Crippen molar-refractivity contribution >= 4 is 15.9 Å². The van der Waals surface area contributed by atoms with Crippen molar-refractivity contribution in [2.75, 3.05) is 32.5 Å². The van der Waals surface area contributed by atoms with Gasteiger partial charge >= 0.3 is 0 Å². The summed E-state index contributed by atoms with van der Waals surface area (Å²) in [6.07, 6.45) is 8.21. The normalized spacial score (nSPS) is 23.5. The molecule has 2 aliphatic rings. The first-order valence-corrected chi connectivity index (χ1v) is 10.7. The number of amides is 1. The number of sulfonamides is 1. The third kappa shape index (κ3) is 4.59. The molecular formula is C16H26N4O4S. The van der Waals surface area contributed by atoms with Gasteiger partial charge in [-0.05, 0) is 12.8 Å². The lowest BCUT2D eigenvalue weighted by atomic mass is 9.85. The van der Waals surface area contributed by atoms with Crippen LogP contribution in [0.15, 0.2) is 6.20 Å². The van der Waals surface area contributed by atoms with E-state index >= 15 is 0 Å². The van der Waals surface area contributed by atoms with E-state index in [4.69, 9.17) is 4.74 Å². The van der Waals surface area contributed by atoms with Crippen molar-refractivity contribution in [3.05, 3.63) is 17.5 Å². The molecule has 2 fully saturated rings. The van der Waals surface area contributed by atoms with Crippen LogP contribution in [0.25, 0.3) is 0 Å². The van der Waals surface area contributed by atoms with E-state index in [0.29, 0.717) is 24.6 Å². The molecule has 140 valence electrons. The minimum atomic E-state index is -3.24. The number of aromatic nitrogens is 2. The van der Waals surface area contributed by atoms with Gasteiger partial charge in [-0.3, -0.25) is 9.89 Å². The highest BCUT2D eigenvalue weighted by Crippen LogP contribution is 2.33. The van der Waals surface area contributed by atoms with E-state index in [1.54, 1.807) is 6.20 Å². The van der Waals surface area contributed by atoms with E-state index in [9.17, 15) is 13.2 Å². The van der Waals surface area contributed by atoms with Gasteiger partial charge in [0.25, 0.3) is 5.91 Å². The van der Waals surface area contributed by atoms with E-state index in [1.807, 2.05) is 0 Å². The summed E-state index contributed by atoms with van der Waals surface area (Å²) < 4.78 is 30.3. The van der Waals surface area contributed by atoms with Crippen LogP contribution in [-0.2, 0) is 14.8 Å². The second kappa shape index (κ2) is 7.84. The van der Waals surface area contributed by atoms with Gasteiger partial charge < -0.3 is 10.1 Å². The highest BCUT2D eigenvalue weighted by molar-refractivity contribution is 7.88.